The predicted molar refractivity (Wildman–Crippen MR) is 49.8 cm³/mol. The van der Waals surface area contributed by atoms with Crippen LogP contribution in [0.25, 0.3) is 0 Å². The molecule has 0 saturated heterocycles. The molecule has 0 spiro atoms. The first-order valence-electron chi connectivity index (χ1n) is 4.01. The second-order valence-electron chi connectivity index (χ2n) is 2.60. The number of ether oxygens (including phenoxy) is 1. The highest BCUT2D eigenvalue weighted by Crippen LogP contribution is 2.15. The molecule has 68 valence electrons. The van der Waals surface area contributed by atoms with Crippen LogP contribution >= 0.6 is 0 Å². The Morgan fingerprint density at radius 3 is 2.58 bits per heavy atom. The molecule has 0 heterocycles. The summed E-state index contributed by atoms with van der Waals surface area (Å²) in [7, 11) is 1.40. The quantitative estimate of drug-likeness (QED) is 0.475. The van der Waals surface area contributed by atoms with E-state index < -0.39 is 0 Å². The molecule has 0 N–H and O–H groups in total. The summed E-state index contributed by atoms with van der Waals surface area (Å²) in [6.07, 6.45) is 4.46. The van der Waals surface area contributed by atoms with E-state index in [0.29, 0.717) is 0 Å². The fourth-order valence-electron chi connectivity index (χ4n) is 1.04. The average Bonchev–Trinajstić information content (AvgIpc) is 2.11. The SMILES string of the molecule is C=CCC(=CC)C(C)C(=O)OC. The van der Waals surface area contributed by atoms with Crippen LogP contribution < -0.4 is 0 Å². The standard InChI is InChI=1S/C10H16O2/c1-5-7-9(6-2)8(3)10(11)12-4/h5-6,8H,1,7H2,2-4H3. The van der Waals surface area contributed by atoms with E-state index in [9.17, 15) is 4.79 Å². The summed E-state index contributed by atoms with van der Waals surface area (Å²) in [5.41, 5.74) is 1.05. The Balaban J connectivity index is 4.31. The van der Waals surface area contributed by atoms with Gasteiger partial charge in [-0.3, -0.25) is 4.79 Å². The van der Waals surface area contributed by atoms with Crippen LogP contribution in [0.5, 0.6) is 0 Å². The van der Waals surface area contributed by atoms with Crippen LogP contribution in [0.2, 0.25) is 0 Å². The van der Waals surface area contributed by atoms with E-state index in [1.165, 1.54) is 7.11 Å². The van der Waals surface area contributed by atoms with Gasteiger partial charge in [0, 0.05) is 0 Å². The van der Waals surface area contributed by atoms with Gasteiger partial charge in [-0.2, -0.15) is 0 Å². The van der Waals surface area contributed by atoms with Crippen LogP contribution in [0.4, 0.5) is 0 Å². The number of rotatable bonds is 4. The molecule has 0 saturated carbocycles. The van der Waals surface area contributed by atoms with Crippen molar-refractivity contribution in [2.45, 2.75) is 20.3 Å². The van der Waals surface area contributed by atoms with Gasteiger partial charge >= 0.3 is 5.97 Å². The van der Waals surface area contributed by atoms with Crippen LogP contribution in [0.3, 0.4) is 0 Å². The monoisotopic (exact) mass is 168 g/mol. The van der Waals surface area contributed by atoms with E-state index in [1.54, 1.807) is 6.08 Å². The van der Waals surface area contributed by atoms with Gasteiger partial charge in [-0.15, -0.1) is 6.58 Å². The van der Waals surface area contributed by atoms with E-state index in [0.717, 1.165) is 12.0 Å². The normalized spacial score (nSPS) is 13.8. The molecule has 0 aromatic carbocycles. The lowest BCUT2D eigenvalue weighted by molar-refractivity contribution is -0.143. The number of hydrogen-bond acceptors (Lipinski definition) is 2. The summed E-state index contributed by atoms with van der Waals surface area (Å²) in [5, 5.41) is 0. The van der Waals surface area contributed by atoms with E-state index in [1.807, 2.05) is 19.9 Å². The highest BCUT2D eigenvalue weighted by atomic mass is 16.5. The Bertz CT molecular complexity index is 192. The second kappa shape index (κ2) is 5.58. The van der Waals surface area contributed by atoms with Gasteiger partial charge in [0.25, 0.3) is 0 Å². The summed E-state index contributed by atoms with van der Waals surface area (Å²) in [5.74, 6) is -0.344. The minimum atomic E-state index is -0.190. The third-order valence-electron chi connectivity index (χ3n) is 1.86. The van der Waals surface area contributed by atoms with Crippen LogP contribution in [0.15, 0.2) is 24.3 Å². The molecule has 1 unspecified atom stereocenters. The first-order chi connectivity index (χ1) is 5.67. The van der Waals surface area contributed by atoms with Crippen molar-refractivity contribution in [2.24, 2.45) is 5.92 Å². The molecule has 0 aromatic rings. The minimum Gasteiger partial charge on any atom is -0.469 e. The molecular formula is C10H16O2. The molecule has 0 aliphatic heterocycles. The zero-order valence-corrected chi connectivity index (χ0v) is 7.96. The molecular weight excluding hydrogens is 152 g/mol. The van der Waals surface area contributed by atoms with Gasteiger partial charge in [0.1, 0.15) is 0 Å². The lowest BCUT2D eigenvalue weighted by Crippen LogP contribution is -2.14. The fraction of sp³-hybridized carbons (Fsp3) is 0.500. The van der Waals surface area contributed by atoms with Gasteiger partial charge in [0.2, 0.25) is 0 Å². The van der Waals surface area contributed by atoms with Gasteiger partial charge in [-0.05, 0) is 20.3 Å². The van der Waals surface area contributed by atoms with Crippen molar-refractivity contribution in [1.29, 1.82) is 0 Å². The molecule has 0 radical (unpaired) electrons. The summed E-state index contributed by atoms with van der Waals surface area (Å²) in [6.45, 7) is 7.38. The average molecular weight is 168 g/mol. The van der Waals surface area contributed by atoms with Gasteiger partial charge in [-0.1, -0.05) is 17.7 Å². The van der Waals surface area contributed by atoms with Crippen molar-refractivity contribution < 1.29 is 9.53 Å². The lowest BCUT2D eigenvalue weighted by atomic mass is 9.98. The smallest absolute Gasteiger partial charge is 0.312 e. The third kappa shape index (κ3) is 2.91. The molecule has 0 aliphatic rings. The Kier molecular flexibility index (Phi) is 5.09. The third-order valence-corrected chi connectivity index (χ3v) is 1.86. The highest BCUT2D eigenvalue weighted by molar-refractivity contribution is 5.75. The number of allylic oxidation sites excluding steroid dienone is 2. The van der Waals surface area contributed by atoms with Gasteiger partial charge < -0.3 is 4.74 Å². The lowest BCUT2D eigenvalue weighted by Gasteiger charge is -2.11. The van der Waals surface area contributed by atoms with Crippen molar-refractivity contribution in [1.82, 2.24) is 0 Å². The zero-order valence-electron chi connectivity index (χ0n) is 7.96. The van der Waals surface area contributed by atoms with E-state index in [4.69, 9.17) is 0 Å². The first-order valence-corrected chi connectivity index (χ1v) is 4.01. The Morgan fingerprint density at radius 2 is 2.25 bits per heavy atom. The van der Waals surface area contributed by atoms with Gasteiger partial charge in [0.15, 0.2) is 0 Å². The summed E-state index contributed by atoms with van der Waals surface area (Å²) < 4.78 is 4.63. The van der Waals surface area contributed by atoms with Crippen LogP contribution in [0.1, 0.15) is 20.3 Å². The first kappa shape index (κ1) is 11.0. The summed E-state index contributed by atoms with van der Waals surface area (Å²) in [4.78, 5) is 11.1. The Morgan fingerprint density at radius 1 is 1.67 bits per heavy atom. The van der Waals surface area contributed by atoms with Crippen LogP contribution in [-0.2, 0) is 9.53 Å². The van der Waals surface area contributed by atoms with Crippen LogP contribution in [0, 0.1) is 5.92 Å². The largest absolute Gasteiger partial charge is 0.469 e. The molecule has 12 heavy (non-hydrogen) atoms. The summed E-state index contributed by atoms with van der Waals surface area (Å²) >= 11 is 0. The van der Waals surface area contributed by atoms with Crippen molar-refractivity contribution in [3.63, 3.8) is 0 Å². The molecule has 1 atom stereocenters. The molecule has 0 aliphatic carbocycles. The molecule has 0 rings (SSSR count). The molecule has 0 bridgehead atoms. The van der Waals surface area contributed by atoms with E-state index in [2.05, 4.69) is 11.3 Å². The van der Waals surface area contributed by atoms with Crippen molar-refractivity contribution in [3.8, 4) is 0 Å². The molecule has 0 amide bonds. The van der Waals surface area contributed by atoms with E-state index >= 15 is 0 Å². The predicted octanol–water partition coefficient (Wildman–Crippen LogP) is 2.32. The zero-order chi connectivity index (χ0) is 9.56. The molecule has 2 nitrogen and oxygen atoms in total. The summed E-state index contributed by atoms with van der Waals surface area (Å²) in [6, 6.07) is 0. The minimum absolute atomic E-state index is 0.155. The van der Waals surface area contributed by atoms with E-state index in [-0.39, 0.29) is 11.9 Å². The Labute approximate surface area is 73.9 Å². The van der Waals surface area contributed by atoms with Gasteiger partial charge in [-0.25, -0.2) is 0 Å². The number of methoxy groups -OCH3 is 1. The van der Waals surface area contributed by atoms with Crippen molar-refractivity contribution in [3.05, 3.63) is 24.3 Å². The maximum atomic E-state index is 11.1. The number of carbonyl (C=O) groups excluding carboxylic acids is 1. The maximum absolute atomic E-state index is 11.1. The topological polar surface area (TPSA) is 26.3 Å². The highest BCUT2D eigenvalue weighted by Gasteiger charge is 2.15. The molecule has 2 heteroatoms. The van der Waals surface area contributed by atoms with Crippen LogP contribution in [-0.4, -0.2) is 13.1 Å². The maximum Gasteiger partial charge on any atom is 0.312 e. The number of esters is 1. The second-order valence-corrected chi connectivity index (χ2v) is 2.60. The van der Waals surface area contributed by atoms with Gasteiger partial charge in [0.05, 0.1) is 13.0 Å². The molecule has 0 fully saturated rings. The number of carbonyl (C=O) groups is 1. The molecule has 0 aromatic heterocycles. The number of hydrogen-bond donors (Lipinski definition) is 0. The Hall–Kier alpha value is -1.05. The fourth-order valence-corrected chi connectivity index (χ4v) is 1.04. The van der Waals surface area contributed by atoms with Crippen molar-refractivity contribution >= 4 is 5.97 Å². The van der Waals surface area contributed by atoms with Crippen molar-refractivity contribution in [2.75, 3.05) is 7.11 Å².